The summed E-state index contributed by atoms with van der Waals surface area (Å²) < 4.78 is 25.4. The van der Waals surface area contributed by atoms with Gasteiger partial charge in [0.1, 0.15) is 34.3 Å². The molecule has 0 amide bonds. The van der Waals surface area contributed by atoms with E-state index in [4.69, 9.17) is 23.7 Å². The second kappa shape index (κ2) is 10.2. The van der Waals surface area contributed by atoms with Gasteiger partial charge in [0.25, 0.3) is 0 Å². The molecule has 150 valence electrons. The smallest absolute Gasteiger partial charge is 0.197 e. The van der Waals surface area contributed by atoms with Crippen LogP contribution < -0.4 is 14.2 Å². The zero-order valence-electron chi connectivity index (χ0n) is 15.8. The number of aromatic hydroxyl groups is 1. The number of phenolic OH excluding ortho intramolecular Hbond substituents is 1. The number of carbonyl (C=O) groups excluding carboxylic acids is 1. The summed E-state index contributed by atoms with van der Waals surface area (Å²) in [4.78, 5) is 12.7. The van der Waals surface area contributed by atoms with Crippen LogP contribution in [-0.4, -0.2) is 50.9 Å². The average molecular weight is 390 g/mol. The Bertz CT molecular complexity index is 827. The predicted molar refractivity (Wildman–Crippen MR) is 101 cm³/mol. The van der Waals surface area contributed by atoms with Crippen LogP contribution >= 0.6 is 0 Å². The molecule has 0 aliphatic rings. The number of rotatable bonds is 10. The van der Waals surface area contributed by atoms with Gasteiger partial charge >= 0.3 is 0 Å². The molecule has 0 fully saturated rings. The molecule has 28 heavy (non-hydrogen) atoms. The second-order valence-electron chi connectivity index (χ2n) is 5.54. The Morgan fingerprint density at radius 2 is 1.61 bits per heavy atom. The number of carbonyl (C=O) groups is 1. The number of ketones is 1. The fraction of sp³-hybridized carbons (Fsp3) is 0.250. The van der Waals surface area contributed by atoms with E-state index >= 15 is 0 Å². The van der Waals surface area contributed by atoms with Crippen LogP contribution in [-0.2, 0) is 9.47 Å². The molecule has 0 heterocycles. The molecule has 2 aromatic carbocycles. The van der Waals surface area contributed by atoms with Gasteiger partial charge in [-0.3, -0.25) is 4.79 Å². The lowest BCUT2D eigenvalue weighted by atomic mass is 10.1. The lowest BCUT2D eigenvalue weighted by Crippen LogP contribution is -2.07. The molecule has 0 aliphatic heterocycles. The zero-order chi connectivity index (χ0) is 20.5. The van der Waals surface area contributed by atoms with Gasteiger partial charge in [-0.15, -0.1) is 0 Å². The summed E-state index contributed by atoms with van der Waals surface area (Å²) in [6.45, 7) is -0.198. The molecule has 2 aromatic rings. The molecule has 2 rings (SSSR count). The summed E-state index contributed by atoms with van der Waals surface area (Å²) in [5, 5.41) is 20.6. The highest BCUT2D eigenvalue weighted by atomic mass is 16.7. The van der Waals surface area contributed by atoms with Crippen molar-refractivity contribution in [1.82, 2.24) is 0 Å². The molecule has 8 heteroatoms. The number of hydrogen-bond acceptors (Lipinski definition) is 8. The maximum Gasteiger partial charge on any atom is 0.197 e. The van der Waals surface area contributed by atoms with Gasteiger partial charge in [-0.25, -0.2) is 0 Å². The molecule has 0 aliphatic carbocycles. The Morgan fingerprint density at radius 1 is 0.964 bits per heavy atom. The van der Waals surface area contributed by atoms with E-state index in [1.165, 1.54) is 33.5 Å². The van der Waals surface area contributed by atoms with E-state index in [-0.39, 0.29) is 42.2 Å². The largest absolute Gasteiger partial charge is 0.507 e. The third-order valence-corrected chi connectivity index (χ3v) is 3.63. The monoisotopic (exact) mass is 390 g/mol. The molecule has 0 unspecified atom stereocenters. The van der Waals surface area contributed by atoms with Crippen molar-refractivity contribution in [2.45, 2.75) is 0 Å². The van der Waals surface area contributed by atoms with Gasteiger partial charge in [0, 0.05) is 38.0 Å². The van der Waals surface area contributed by atoms with Gasteiger partial charge in [0.15, 0.2) is 19.4 Å². The van der Waals surface area contributed by atoms with E-state index in [9.17, 15) is 15.0 Å². The number of benzene rings is 2. The SMILES string of the molecule is COCOc1cc(O)c(C(=O)/C=C(\O)c2ccc(OC)cc2)c(OCOC)c1. The van der Waals surface area contributed by atoms with Crippen LogP contribution in [0.4, 0.5) is 0 Å². The zero-order valence-corrected chi connectivity index (χ0v) is 15.8. The number of aliphatic hydroxyl groups is 1. The first-order valence-corrected chi connectivity index (χ1v) is 8.20. The molecule has 0 saturated heterocycles. The van der Waals surface area contributed by atoms with Crippen LogP contribution in [0.2, 0.25) is 0 Å². The standard InChI is InChI=1S/C20H22O8/c1-24-11-27-15-8-17(22)20(19(9-15)28-12-25-2)18(23)10-16(21)13-4-6-14(26-3)7-5-13/h4-10,21-22H,11-12H2,1-3H3/b16-10-. The van der Waals surface area contributed by atoms with Crippen LogP contribution in [0.1, 0.15) is 15.9 Å². The Morgan fingerprint density at radius 3 is 2.21 bits per heavy atom. The molecule has 0 saturated carbocycles. The molecule has 0 radical (unpaired) electrons. The van der Waals surface area contributed by atoms with E-state index in [0.717, 1.165) is 6.08 Å². The molecular weight excluding hydrogens is 368 g/mol. The minimum atomic E-state index is -0.657. The second-order valence-corrected chi connectivity index (χ2v) is 5.54. The summed E-state index contributed by atoms with van der Waals surface area (Å²) in [7, 11) is 4.40. The summed E-state index contributed by atoms with van der Waals surface area (Å²) in [5.74, 6) is -0.410. The number of hydrogen-bond donors (Lipinski definition) is 2. The van der Waals surface area contributed by atoms with Crippen LogP contribution in [0.25, 0.3) is 5.76 Å². The van der Waals surface area contributed by atoms with Gasteiger partial charge in [-0.05, 0) is 24.3 Å². The first-order valence-electron chi connectivity index (χ1n) is 8.20. The van der Waals surface area contributed by atoms with Crippen molar-refractivity contribution < 1.29 is 38.7 Å². The minimum absolute atomic E-state index is 0.0386. The van der Waals surface area contributed by atoms with Crippen LogP contribution in [0.3, 0.4) is 0 Å². The Hall–Kier alpha value is -3.23. The van der Waals surface area contributed by atoms with Crippen LogP contribution in [0.5, 0.6) is 23.0 Å². The molecule has 0 aromatic heterocycles. The van der Waals surface area contributed by atoms with Crippen molar-refractivity contribution in [2.75, 3.05) is 34.9 Å². The summed E-state index contributed by atoms with van der Waals surface area (Å²) in [6.07, 6.45) is 0.992. The van der Waals surface area contributed by atoms with E-state index in [1.54, 1.807) is 24.3 Å². The Balaban J connectivity index is 2.35. The first kappa shape index (κ1) is 21.1. The summed E-state index contributed by atoms with van der Waals surface area (Å²) >= 11 is 0. The molecule has 0 atom stereocenters. The van der Waals surface area contributed by atoms with Gasteiger partial charge in [0.05, 0.1) is 7.11 Å². The fourth-order valence-corrected chi connectivity index (χ4v) is 2.31. The molecule has 0 spiro atoms. The highest BCUT2D eigenvalue weighted by Crippen LogP contribution is 2.34. The maximum absolute atomic E-state index is 12.7. The van der Waals surface area contributed by atoms with E-state index in [0.29, 0.717) is 11.3 Å². The molecule has 2 N–H and O–H groups in total. The quantitative estimate of drug-likeness (QED) is 0.276. The predicted octanol–water partition coefficient (Wildman–Crippen LogP) is 3.15. The van der Waals surface area contributed by atoms with Crippen molar-refractivity contribution in [3.8, 4) is 23.0 Å². The molecule has 0 bridgehead atoms. The van der Waals surface area contributed by atoms with Crippen molar-refractivity contribution in [1.29, 1.82) is 0 Å². The number of ether oxygens (including phenoxy) is 5. The van der Waals surface area contributed by atoms with E-state index < -0.39 is 5.78 Å². The minimum Gasteiger partial charge on any atom is -0.507 e. The Kier molecular flexibility index (Phi) is 7.67. The van der Waals surface area contributed by atoms with Gasteiger partial charge in [0.2, 0.25) is 0 Å². The van der Waals surface area contributed by atoms with E-state index in [1.807, 2.05) is 0 Å². The summed E-state index contributed by atoms with van der Waals surface area (Å²) in [6, 6.07) is 9.17. The number of allylic oxidation sites excluding steroid dienone is 1. The molecular formula is C20H22O8. The first-order chi connectivity index (χ1) is 13.5. The average Bonchev–Trinajstić information content (AvgIpc) is 2.70. The lowest BCUT2D eigenvalue weighted by Gasteiger charge is -2.13. The fourth-order valence-electron chi connectivity index (χ4n) is 2.31. The third kappa shape index (κ3) is 5.38. The number of aliphatic hydroxyl groups excluding tert-OH is 1. The van der Waals surface area contributed by atoms with Gasteiger partial charge in [-0.2, -0.15) is 0 Å². The van der Waals surface area contributed by atoms with Crippen molar-refractivity contribution >= 4 is 11.5 Å². The normalized spacial score (nSPS) is 11.2. The van der Waals surface area contributed by atoms with Crippen LogP contribution in [0, 0.1) is 0 Å². The number of methoxy groups -OCH3 is 3. The maximum atomic E-state index is 12.7. The third-order valence-electron chi connectivity index (χ3n) is 3.63. The van der Waals surface area contributed by atoms with E-state index in [2.05, 4.69) is 0 Å². The lowest BCUT2D eigenvalue weighted by molar-refractivity contribution is 0.0453. The van der Waals surface area contributed by atoms with Crippen molar-refractivity contribution in [3.05, 3.63) is 53.6 Å². The van der Waals surface area contributed by atoms with Crippen molar-refractivity contribution in [3.63, 3.8) is 0 Å². The number of phenols is 1. The Labute approximate surface area is 162 Å². The van der Waals surface area contributed by atoms with Crippen LogP contribution in [0.15, 0.2) is 42.5 Å². The van der Waals surface area contributed by atoms with Gasteiger partial charge in [-0.1, -0.05) is 0 Å². The summed E-state index contributed by atoms with van der Waals surface area (Å²) in [5.41, 5.74) is 0.273. The molecule has 8 nitrogen and oxygen atoms in total. The van der Waals surface area contributed by atoms with Crippen molar-refractivity contribution in [2.24, 2.45) is 0 Å². The van der Waals surface area contributed by atoms with Gasteiger partial charge < -0.3 is 33.9 Å². The topological polar surface area (TPSA) is 104 Å². The highest BCUT2D eigenvalue weighted by Gasteiger charge is 2.20. The highest BCUT2D eigenvalue weighted by molar-refractivity contribution is 6.11.